The zero-order chi connectivity index (χ0) is 13.9. The first-order valence-electron chi connectivity index (χ1n) is 6.66. The van der Waals surface area contributed by atoms with E-state index in [1.807, 2.05) is 19.3 Å². The van der Waals surface area contributed by atoms with Gasteiger partial charge in [0.15, 0.2) is 0 Å². The van der Waals surface area contributed by atoms with Crippen LogP contribution in [0.2, 0.25) is 0 Å². The van der Waals surface area contributed by atoms with Crippen molar-refractivity contribution in [2.75, 3.05) is 13.7 Å². The minimum Gasteiger partial charge on any atom is -0.374 e. The second kappa shape index (κ2) is 5.68. The molecule has 3 heteroatoms. The smallest absolute Gasteiger partial charge is 0.0750 e. The van der Waals surface area contributed by atoms with Gasteiger partial charge in [-0.2, -0.15) is 0 Å². The molecule has 0 amide bonds. The largest absolute Gasteiger partial charge is 0.374 e. The number of hydrogen-bond acceptors (Lipinski definition) is 3. The van der Waals surface area contributed by atoms with Gasteiger partial charge in [-0.3, -0.25) is 4.98 Å². The minimum absolute atomic E-state index is 0.132. The number of benzene rings is 1. The third-order valence-electron chi connectivity index (χ3n) is 3.07. The average Bonchev–Trinajstić information content (AvgIpc) is 2.38. The topological polar surface area (TPSA) is 34.1 Å². The number of fused-ring (bicyclic) bond motifs is 1. The van der Waals surface area contributed by atoms with Gasteiger partial charge in [0.25, 0.3) is 0 Å². The average molecular weight is 258 g/mol. The van der Waals surface area contributed by atoms with E-state index in [1.165, 1.54) is 5.56 Å². The third kappa shape index (κ3) is 3.52. The molecule has 3 nitrogen and oxygen atoms in total. The molecule has 19 heavy (non-hydrogen) atoms. The molecule has 1 atom stereocenters. The summed E-state index contributed by atoms with van der Waals surface area (Å²) in [5.41, 5.74) is 2.10. The van der Waals surface area contributed by atoms with Gasteiger partial charge < -0.3 is 10.1 Å². The molecule has 102 valence electrons. The van der Waals surface area contributed by atoms with E-state index in [0.717, 1.165) is 10.9 Å². The highest BCUT2D eigenvalue weighted by Crippen LogP contribution is 2.23. The van der Waals surface area contributed by atoms with Crippen molar-refractivity contribution in [3.63, 3.8) is 0 Å². The van der Waals surface area contributed by atoms with Gasteiger partial charge >= 0.3 is 0 Å². The van der Waals surface area contributed by atoms with Gasteiger partial charge in [0.2, 0.25) is 0 Å². The van der Waals surface area contributed by atoms with E-state index in [-0.39, 0.29) is 11.6 Å². The van der Waals surface area contributed by atoms with Crippen LogP contribution in [0, 0.1) is 0 Å². The lowest BCUT2D eigenvalue weighted by molar-refractivity contribution is -0.0137. The molecular weight excluding hydrogens is 236 g/mol. The standard InChI is InChI=1S/C16H22N2O/c1-16(2,3)19-11-14(17-4)13-9-5-7-12-8-6-10-18-15(12)13/h5-10,14,17H,11H2,1-4H3. The SMILES string of the molecule is CNC(COC(C)(C)C)c1cccc2cccnc12. The summed E-state index contributed by atoms with van der Waals surface area (Å²) >= 11 is 0. The molecule has 1 N–H and O–H groups in total. The minimum atomic E-state index is -0.132. The Balaban J connectivity index is 2.30. The Kier molecular flexibility index (Phi) is 4.17. The highest BCUT2D eigenvalue weighted by Gasteiger charge is 2.17. The fourth-order valence-electron chi connectivity index (χ4n) is 2.07. The number of nitrogens with zero attached hydrogens (tertiary/aromatic N) is 1. The number of nitrogens with one attached hydrogen (secondary N) is 1. The van der Waals surface area contributed by atoms with E-state index in [9.17, 15) is 0 Å². The Morgan fingerprint density at radius 1 is 1.21 bits per heavy atom. The lowest BCUT2D eigenvalue weighted by Gasteiger charge is -2.25. The van der Waals surface area contributed by atoms with Gasteiger partial charge in [-0.1, -0.05) is 24.3 Å². The van der Waals surface area contributed by atoms with E-state index >= 15 is 0 Å². The van der Waals surface area contributed by atoms with Crippen LogP contribution in [-0.2, 0) is 4.74 Å². The van der Waals surface area contributed by atoms with Crippen molar-refractivity contribution in [3.8, 4) is 0 Å². The number of ether oxygens (including phenoxy) is 1. The molecular formula is C16H22N2O. The Hall–Kier alpha value is -1.45. The molecule has 0 saturated heterocycles. The fourth-order valence-corrected chi connectivity index (χ4v) is 2.07. The van der Waals surface area contributed by atoms with Crippen molar-refractivity contribution in [2.24, 2.45) is 0 Å². The predicted octanol–water partition coefficient (Wildman–Crippen LogP) is 3.31. The van der Waals surface area contributed by atoms with Crippen molar-refractivity contribution in [2.45, 2.75) is 32.4 Å². The summed E-state index contributed by atoms with van der Waals surface area (Å²) in [6, 6.07) is 10.5. The first-order valence-corrected chi connectivity index (χ1v) is 6.66. The molecule has 0 aliphatic carbocycles. The van der Waals surface area contributed by atoms with Crippen LogP contribution >= 0.6 is 0 Å². The fraction of sp³-hybridized carbons (Fsp3) is 0.438. The van der Waals surface area contributed by atoms with Crippen LogP contribution in [0.1, 0.15) is 32.4 Å². The molecule has 2 aromatic rings. The maximum atomic E-state index is 5.90. The molecule has 0 fully saturated rings. The van der Waals surface area contributed by atoms with E-state index in [0.29, 0.717) is 6.61 Å². The number of aromatic nitrogens is 1. The second-order valence-electron chi connectivity index (χ2n) is 5.69. The summed E-state index contributed by atoms with van der Waals surface area (Å²) in [6.07, 6.45) is 1.84. The third-order valence-corrected chi connectivity index (χ3v) is 3.07. The van der Waals surface area contributed by atoms with E-state index < -0.39 is 0 Å². The zero-order valence-electron chi connectivity index (χ0n) is 12.1. The van der Waals surface area contributed by atoms with Gasteiger partial charge in [0, 0.05) is 11.6 Å². The summed E-state index contributed by atoms with van der Waals surface area (Å²) in [6.45, 7) is 6.85. The zero-order valence-corrected chi connectivity index (χ0v) is 12.1. The van der Waals surface area contributed by atoms with Crippen LogP contribution in [0.25, 0.3) is 10.9 Å². The molecule has 0 aliphatic rings. The maximum absolute atomic E-state index is 5.90. The summed E-state index contributed by atoms with van der Waals surface area (Å²) in [7, 11) is 1.96. The molecule has 2 rings (SSSR count). The highest BCUT2D eigenvalue weighted by molar-refractivity contribution is 5.82. The molecule has 0 aliphatic heterocycles. The van der Waals surface area contributed by atoms with Gasteiger partial charge in [-0.25, -0.2) is 0 Å². The Morgan fingerprint density at radius 3 is 2.63 bits per heavy atom. The number of rotatable bonds is 4. The quantitative estimate of drug-likeness (QED) is 0.913. The number of likely N-dealkylation sites (N-methyl/N-ethyl adjacent to an activating group) is 1. The summed E-state index contributed by atoms with van der Waals surface area (Å²) in [5, 5.41) is 4.48. The Labute approximate surface area is 115 Å². The molecule has 1 heterocycles. The lowest BCUT2D eigenvalue weighted by atomic mass is 10.0. The molecule has 0 spiro atoms. The Morgan fingerprint density at radius 2 is 1.95 bits per heavy atom. The lowest BCUT2D eigenvalue weighted by Crippen LogP contribution is -2.28. The first-order chi connectivity index (χ1) is 9.01. The van der Waals surface area contributed by atoms with Gasteiger partial charge in [0.1, 0.15) is 0 Å². The summed E-state index contributed by atoms with van der Waals surface area (Å²) in [4.78, 5) is 4.50. The predicted molar refractivity (Wildman–Crippen MR) is 79.2 cm³/mol. The van der Waals surface area contributed by atoms with E-state index in [1.54, 1.807) is 0 Å². The van der Waals surface area contributed by atoms with Crippen LogP contribution in [0.15, 0.2) is 36.5 Å². The van der Waals surface area contributed by atoms with Crippen LogP contribution in [0.5, 0.6) is 0 Å². The highest BCUT2D eigenvalue weighted by atomic mass is 16.5. The van der Waals surface area contributed by atoms with Crippen molar-refractivity contribution >= 4 is 10.9 Å². The molecule has 1 aromatic heterocycles. The molecule has 0 radical (unpaired) electrons. The second-order valence-corrected chi connectivity index (χ2v) is 5.69. The Bertz CT molecular complexity index is 540. The van der Waals surface area contributed by atoms with Gasteiger partial charge in [-0.15, -0.1) is 0 Å². The van der Waals surface area contributed by atoms with Gasteiger partial charge in [0.05, 0.1) is 23.8 Å². The number of pyridine rings is 1. The van der Waals surface area contributed by atoms with Crippen LogP contribution in [0.3, 0.4) is 0 Å². The number of hydrogen-bond donors (Lipinski definition) is 1. The summed E-state index contributed by atoms with van der Waals surface area (Å²) < 4.78 is 5.90. The monoisotopic (exact) mass is 258 g/mol. The molecule has 1 aromatic carbocycles. The molecule has 1 unspecified atom stereocenters. The van der Waals surface area contributed by atoms with E-state index in [2.05, 4.69) is 55.3 Å². The van der Waals surface area contributed by atoms with Crippen molar-refractivity contribution in [1.82, 2.24) is 10.3 Å². The maximum Gasteiger partial charge on any atom is 0.0750 e. The van der Waals surface area contributed by atoms with E-state index in [4.69, 9.17) is 4.74 Å². The van der Waals surface area contributed by atoms with Crippen molar-refractivity contribution in [1.29, 1.82) is 0 Å². The number of para-hydroxylation sites is 1. The first kappa shape index (κ1) is 14.0. The molecule has 0 bridgehead atoms. The van der Waals surface area contributed by atoms with Crippen LogP contribution in [0.4, 0.5) is 0 Å². The normalized spacial score (nSPS) is 13.7. The van der Waals surface area contributed by atoms with Gasteiger partial charge in [-0.05, 0) is 39.4 Å². The van der Waals surface area contributed by atoms with Crippen molar-refractivity contribution in [3.05, 3.63) is 42.1 Å². The molecule has 0 saturated carbocycles. The van der Waals surface area contributed by atoms with Crippen LogP contribution < -0.4 is 5.32 Å². The van der Waals surface area contributed by atoms with Crippen molar-refractivity contribution < 1.29 is 4.74 Å². The van der Waals surface area contributed by atoms with Crippen LogP contribution in [-0.4, -0.2) is 24.2 Å². The summed E-state index contributed by atoms with van der Waals surface area (Å²) in [5.74, 6) is 0.